The predicted octanol–water partition coefficient (Wildman–Crippen LogP) is 4.43. The van der Waals surface area contributed by atoms with Gasteiger partial charge in [0.2, 0.25) is 0 Å². The maximum atomic E-state index is 12.0. The number of thioether (sulfide) groups is 1. The maximum absolute atomic E-state index is 12.0. The van der Waals surface area contributed by atoms with E-state index in [1.807, 2.05) is 54.8 Å². The minimum atomic E-state index is -0.0246. The van der Waals surface area contributed by atoms with Gasteiger partial charge in [-0.25, -0.2) is 0 Å². The Hall–Kier alpha value is -1.26. The Labute approximate surface area is 125 Å². The average Bonchev–Trinajstić information content (AvgIpc) is 2.46. The highest BCUT2D eigenvalue weighted by atomic mass is 79.9. The summed E-state index contributed by atoms with van der Waals surface area (Å²) < 4.78 is 6.36. The van der Waals surface area contributed by atoms with Crippen LogP contribution in [0.5, 0.6) is 5.75 Å². The number of carbonyl (C=O) groups excluding carboxylic acids is 1. The number of para-hydroxylation sites is 1. The third kappa shape index (κ3) is 3.85. The Morgan fingerprint density at radius 2 is 1.84 bits per heavy atom. The number of carbonyl (C=O) groups is 1. The molecule has 0 radical (unpaired) electrons. The second-order valence-electron chi connectivity index (χ2n) is 3.87. The Morgan fingerprint density at radius 3 is 2.47 bits per heavy atom. The monoisotopic (exact) mass is 336 g/mol. The van der Waals surface area contributed by atoms with E-state index in [9.17, 15) is 4.79 Å². The molecule has 19 heavy (non-hydrogen) atoms. The molecule has 2 rings (SSSR count). The van der Waals surface area contributed by atoms with Crippen molar-refractivity contribution < 1.29 is 9.53 Å². The second kappa shape index (κ2) is 6.78. The van der Waals surface area contributed by atoms with E-state index < -0.39 is 0 Å². The van der Waals surface area contributed by atoms with Gasteiger partial charge in [-0.05, 0) is 46.5 Å². The van der Waals surface area contributed by atoms with E-state index in [4.69, 9.17) is 4.74 Å². The van der Waals surface area contributed by atoms with Crippen molar-refractivity contribution in [1.82, 2.24) is 0 Å². The molecule has 0 unspecified atom stereocenters. The molecule has 0 saturated carbocycles. The van der Waals surface area contributed by atoms with Gasteiger partial charge in [-0.15, -0.1) is 11.8 Å². The minimum absolute atomic E-state index is 0.0246. The summed E-state index contributed by atoms with van der Waals surface area (Å²) in [6, 6.07) is 15.0. The van der Waals surface area contributed by atoms with Crippen LogP contribution in [-0.4, -0.2) is 18.6 Å². The van der Waals surface area contributed by atoms with Crippen LogP contribution in [0.2, 0.25) is 0 Å². The van der Waals surface area contributed by atoms with Crippen LogP contribution in [0, 0.1) is 0 Å². The highest BCUT2D eigenvalue weighted by molar-refractivity contribution is 9.10. The first-order chi connectivity index (χ1) is 9.20. The molecule has 4 heteroatoms. The first-order valence-corrected chi connectivity index (χ1v) is 7.77. The Bertz CT molecular complexity index is 567. The lowest BCUT2D eigenvalue weighted by atomic mass is 10.1. The molecule has 2 nitrogen and oxygen atoms in total. The number of ketones is 1. The quantitative estimate of drug-likeness (QED) is 0.596. The number of Topliss-reactive ketones (excluding diaryl/α,β-unsaturated/α-hetero) is 1. The fourth-order valence-electron chi connectivity index (χ4n) is 1.57. The highest BCUT2D eigenvalue weighted by Crippen LogP contribution is 2.24. The summed E-state index contributed by atoms with van der Waals surface area (Å²) in [4.78, 5) is 13.1. The zero-order chi connectivity index (χ0) is 13.7. The molecular weight excluding hydrogens is 324 g/mol. The van der Waals surface area contributed by atoms with Crippen molar-refractivity contribution >= 4 is 33.5 Å². The normalized spacial score (nSPS) is 10.2. The van der Waals surface area contributed by atoms with Gasteiger partial charge in [0.05, 0.1) is 4.47 Å². The minimum Gasteiger partial charge on any atom is -0.484 e. The lowest BCUT2D eigenvalue weighted by Crippen LogP contribution is -2.11. The molecule has 0 N–H and O–H groups in total. The van der Waals surface area contributed by atoms with Crippen LogP contribution in [-0.2, 0) is 0 Å². The van der Waals surface area contributed by atoms with E-state index in [0.717, 1.165) is 9.37 Å². The molecule has 0 aliphatic heterocycles. The molecular formula is C15H13BrO2S. The van der Waals surface area contributed by atoms with Crippen LogP contribution >= 0.6 is 27.7 Å². The predicted molar refractivity (Wildman–Crippen MR) is 82.2 cm³/mol. The fraction of sp³-hybridized carbons (Fsp3) is 0.133. The summed E-state index contributed by atoms with van der Waals surface area (Å²) in [6.45, 7) is 0.0429. The van der Waals surface area contributed by atoms with E-state index in [2.05, 4.69) is 15.9 Å². The lowest BCUT2D eigenvalue weighted by Gasteiger charge is -2.07. The van der Waals surface area contributed by atoms with Crippen molar-refractivity contribution in [2.24, 2.45) is 0 Å². The van der Waals surface area contributed by atoms with Crippen LogP contribution in [0.25, 0.3) is 0 Å². The van der Waals surface area contributed by atoms with Crippen LogP contribution in [0.15, 0.2) is 57.9 Å². The Kier molecular flexibility index (Phi) is 5.05. The molecule has 0 heterocycles. The van der Waals surface area contributed by atoms with Crippen LogP contribution in [0.3, 0.4) is 0 Å². The molecule has 0 aliphatic carbocycles. The third-order valence-corrected chi connectivity index (χ3v) is 4.01. The van der Waals surface area contributed by atoms with E-state index >= 15 is 0 Å². The fourth-order valence-corrected chi connectivity index (χ4v) is 2.37. The molecule has 2 aromatic rings. The van der Waals surface area contributed by atoms with Crippen molar-refractivity contribution in [3.63, 3.8) is 0 Å². The smallest absolute Gasteiger partial charge is 0.200 e. The first-order valence-electron chi connectivity index (χ1n) is 5.75. The number of ether oxygens (including phenoxy) is 1. The van der Waals surface area contributed by atoms with Crippen LogP contribution in [0.4, 0.5) is 0 Å². The molecule has 2 aromatic carbocycles. The SMILES string of the molecule is CSc1ccc(C(=O)COc2ccccc2Br)cc1. The van der Waals surface area contributed by atoms with Gasteiger partial charge in [-0.2, -0.15) is 0 Å². The Morgan fingerprint density at radius 1 is 1.16 bits per heavy atom. The number of hydrogen-bond donors (Lipinski definition) is 0. The van der Waals surface area contributed by atoms with E-state index in [0.29, 0.717) is 11.3 Å². The first kappa shape index (κ1) is 14.2. The van der Waals surface area contributed by atoms with E-state index in [1.165, 1.54) is 0 Å². The summed E-state index contributed by atoms with van der Waals surface area (Å²) in [5, 5.41) is 0. The van der Waals surface area contributed by atoms with Crippen molar-refractivity contribution in [3.8, 4) is 5.75 Å². The maximum Gasteiger partial charge on any atom is 0.200 e. The largest absolute Gasteiger partial charge is 0.484 e. The summed E-state index contributed by atoms with van der Waals surface area (Å²) in [5.41, 5.74) is 0.671. The zero-order valence-electron chi connectivity index (χ0n) is 10.4. The van der Waals surface area contributed by atoms with Crippen molar-refractivity contribution in [2.75, 3.05) is 12.9 Å². The molecule has 0 bridgehead atoms. The molecule has 0 aliphatic rings. The zero-order valence-corrected chi connectivity index (χ0v) is 12.8. The van der Waals surface area contributed by atoms with Gasteiger partial charge in [-0.1, -0.05) is 24.3 Å². The van der Waals surface area contributed by atoms with Gasteiger partial charge >= 0.3 is 0 Å². The van der Waals surface area contributed by atoms with Gasteiger partial charge in [0.1, 0.15) is 5.75 Å². The molecule has 0 fully saturated rings. The summed E-state index contributed by atoms with van der Waals surface area (Å²) >= 11 is 5.04. The number of rotatable bonds is 5. The molecule has 0 atom stereocenters. The molecule has 0 aromatic heterocycles. The third-order valence-electron chi connectivity index (χ3n) is 2.61. The summed E-state index contributed by atoms with van der Waals surface area (Å²) in [6.07, 6.45) is 2.01. The number of hydrogen-bond acceptors (Lipinski definition) is 3. The molecule has 0 spiro atoms. The van der Waals surface area contributed by atoms with Crippen LogP contribution < -0.4 is 4.74 Å². The van der Waals surface area contributed by atoms with Gasteiger partial charge < -0.3 is 4.74 Å². The van der Waals surface area contributed by atoms with Gasteiger partial charge in [0.25, 0.3) is 0 Å². The number of benzene rings is 2. The molecule has 98 valence electrons. The van der Waals surface area contributed by atoms with Gasteiger partial charge in [0.15, 0.2) is 12.4 Å². The average molecular weight is 337 g/mol. The summed E-state index contributed by atoms with van der Waals surface area (Å²) in [5.74, 6) is 0.653. The van der Waals surface area contributed by atoms with Gasteiger partial charge in [-0.3, -0.25) is 4.79 Å². The van der Waals surface area contributed by atoms with Crippen molar-refractivity contribution in [2.45, 2.75) is 4.90 Å². The topological polar surface area (TPSA) is 26.3 Å². The van der Waals surface area contributed by atoms with E-state index in [-0.39, 0.29) is 12.4 Å². The molecule has 0 amide bonds. The molecule has 0 saturated heterocycles. The van der Waals surface area contributed by atoms with E-state index in [1.54, 1.807) is 11.8 Å². The summed E-state index contributed by atoms with van der Waals surface area (Å²) in [7, 11) is 0. The Balaban J connectivity index is 1.99. The number of halogens is 1. The van der Waals surface area contributed by atoms with Crippen molar-refractivity contribution in [1.29, 1.82) is 0 Å². The van der Waals surface area contributed by atoms with Gasteiger partial charge in [0, 0.05) is 10.5 Å². The second-order valence-corrected chi connectivity index (χ2v) is 5.60. The highest BCUT2D eigenvalue weighted by Gasteiger charge is 2.08. The van der Waals surface area contributed by atoms with Crippen molar-refractivity contribution in [3.05, 3.63) is 58.6 Å². The lowest BCUT2D eigenvalue weighted by molar-refractivity contribution is 0.0921. The standard InChI is InChI=1S/C15H13BrO2S/c1-19-12-8-6-11(7-9-12)14(17)10-18-15-5-3-2-4-13(15)16/h2-9H,10H2,1H3. The van der Waals surface area contributed by atoms with Crippen LogP contribution in [0.1, 0.15) is 10.4 Å².